The number of rotatable bonds is 8. The first-order valence-electron chi connectivity index (χ1n) is 8.38. The number of amides is 1. The SMILES string of the molecule is CCc1cc(CCNS(=O)(=O)c2cccc(/C=C/C(=O)NO)c2)ccc1O. The number of hydroxylamine groups is 1. The third-order valence-corrected chi connectivity index (χ3v) is 5.40. The summed E-state index contributed by atoms with van der Waals surface area (Å²) < 4.78 is 27.4. The molecule has 144 valence electrons. The van der Waals surface area contributed by atoms with Gasteiger partial charge in [0.05, 0.1) is 4.90 Å². The molecule has 0 aliphatic heterocycles. The van der Waals surface area contributed by atoms with Crippen molar-refractivity contribution in [3.8, 4) is 5.75 Å². The molecule has 8 heteroatoms. The molecule has 0 atom stereocenters. The molecule has 0 saturated carbocycles. The number of benzene rings is 2. The van der Waals surface area contributed by atoms with Crippen LogP contribution in [0.1, 0.15) is 23.6 Å². The zero-order valence-electron chi connectivity index (χ0n) is 14.8. The fourth-order valence-electron chi connectivity index (χ4n) is 2.49. The van der Waals surface area contributed by atoms with Gasteiger partial charge in [0.25, 0.3) is 5.91 Å². The molecule has 0 heterocycles. The van der Waals surface area contributed by atoms with E-state index in [4.69, 9.17) is 5.21 Å². The Morgan fingerprint density at radius 1 is 1.19 bits per heavy atom. The van der Waals surface area contributed by atoms with E-state index in [0.29, 0.717) is 18.4 Å². The maximum absolute atomic E-state index is 12.5. The van der Waals surface area contributed by atoms with Crippen molar-refractivity contribution in [2.45, 2.75) is 24.7 Å². The van der Waals surface area contributed by atoms with Gasteiger partial charge in [0.2, 0.25) is 10.0 Å². The van der Waals surface area contributed by atoms with E-state index < -0.39 is 15.9 Å². The van der Waals surface area contributed by atoms with Gasteiger partial charge >= 0.3 is 0 Å². The first-order valence-corrected chi connectivity index (χ1v) is 9.86. The average molecular weight is 390 g/mol. The van der Waals surface area contributed by atoms with Crippen molar-refractivity contribution >= 4 is 22.0 Å². The minimum atomic E-state index is -3.70. The highest BCUT2D eigenvalue weighted by Gasteiger charge is 2.13. The number of phenols is 1. The van der Waals surface area contributed by atoms with Gasteiger partial charge < -0.3 is 5.11 Å². The van der Waals surface area contributed by atoms with Crippen LogP contribution in [-0.2, 0) is 27.7 Å². The predicted octanol–water partition coefficient (Wildman–Crippen LogP) is 1.99. The van der Waals surface area contributed by atoms with Crippen LogP contribution in [0, 0.1) is 0 Å². The second-order valence-corrected chi connectivity index (χ2v) is 7.61. The molecule has 0 aromatic heterocycles. The van der Waals surface area contributed by atoms with Crippen molar-refractivity contribution in [3.05, 3.63) is 65.2 Å². The van der Waals surface area contributed by atoms with E-state index in [1.807, 2.05) is 13.0 Å². The fourth-order valence-corrected chi connectivity index (χ4v) is 3.57. The first kappa shape index (κ1) is 20.6. The summed E-state index contributed by atoms with van der Waals surface area (Å²) in [4.78, 5) is 11.1. The Labute approximate surface area is 158 Å². The van der Waals surface area contributed by atoms with Gasteiger partial charge in [-0.3, -0.25) is 10.0 Å². The molecule has 0 fully saturated rings. The Balaban J connectivity index is 2.04. The largest absolute Gasteiger partial charge is 0.508 e. The first-order chi connectivity index (χ1) is 12.9. The summed E-state index contributed by atoms with van der Waals surface area (Å²) in [6.07, 6.45) is 3.67. The van der Waals surface area contributed by atoms with Crippen LogP contribution in [-0.4, -0.2) is 31.2 Å². The molecule has 0 aliphatic rings. The zero-order chi connectivity index (χ0) is 19.9. The third-order valence-electron chi connectivity index (χ3n) is 3.94. The summed E-state index contributed by atoms with van der Waals surface area (Å²) in [6.45, 7) is 2.15. The maximum Gasteiger partial charge on any atom is 0.267 e. The lowest BCUT2D eigenvalue weighted by Crippen LogP contribution is -2.26. The van der Waals surface area contributed by atoms with Gasteiger partial charge in [-0.2, -0.15) is 0 Å². The number of carbonyl (C=O) groups excluding carboxylic acids is 1. The van der Waals surface area contributed by atoms with E-state index >= 15 is 0 Å². The Bertz CT molecular complexity index is 939. The number of aromatic hydroxyl groups is 1. The number of carbonyl (C=O) groups is 1. The summed E-state index contributed by atoms with van der Waals surface area (Å²) in [6, 6.07) is 11.3. The van der Waals surface area contributed by atoms with Crippen LogP contribution in [0.4, 0.5) is 0 Å². The van der Waals surface area contributed by atoms with Crippen molar-refractivity contribution in [3.63, 3.8) is 0 Å². The molecular weight excluding hydrogens is 368 g/mol. The summed E-state index contributed by atoms with van der Waals surface area (Å²) >= 11 is 0. The van der Waals surface area contributed by atoms with E-state index in [0.717, 1.165) is 17.2 Å². The van der Waals surface area contributed by atoms with Crippen molar-refractivity contribution in [1.82, 2.24) is 10.2 Å². The Kier molecular flexibility index (Phi) is 7.12. The second-order valence-electron chi connectivity index (χ2n) is 5.85. The lowest BCUT2D eigenvalue weighted by Gasteiger charge is -2.09. The molecule has 27 heavy (non-hydrogen) atoms. The topological polar surface area (TPSA) is 116 Å². The van der Waals surface area contributed by atoms with Gasteiger partial charge in [-0.05, 0) is 53.8 Å². The van der Waals surface area contributed by atoms with E-state index in [1.54, 1.807) is 24.3 Å². The number of hydrogen-bond donors (Lipinski definition) is 4. The van der Waals surface area contributed by atoms with Crippen molar-refractivity contribution in [2.24, 2.45) is 0 Å². The average Bonchev–Trinajstić information content (AvgIpc) is 2.67. The maximum atomic E-state index is 12.5. The molecule has 1 amide bonds. The summed E-state index contributed by atoms with van der Waals surface area (Å²) in [5.41, 5.74) is 3.72. The van der Waals surface area contributed by atoms with Crippen LogP contribution in [0.5, 0.6) is 5.75 Å². The summed E-state index contributed by atoms with van der Waals surface area (Å²) in [5, 5.41) is 18.2. The van der Waals surface area contributed by atoms with E-state index in [1.165, 1.54) is 23.7 Å². The van der Waals surface area contributed by atoms with E-state index in [-0.39, 0.29) is 17.2 Å². The fraction of sp³-hybridized carbons (Fsp3) is 0.211. The minimum absolute atomic E-state index is 0.0778. The molecule has 0 bridgehead atoms. The van der Waals surface area contributed by atoms with Crippen molar-refractivity contribution in [2.75, 3.05) is 6.54 Å². The minimum Gasteiger partial charge on any atom is -0.508 e. The summed E-state index contributed by atoms with van der Waals surface area (Å²) in [7, 11) is -3.70. The number of sulfonamides is 1. The van der Waals surface area contributed by atoms with Gasteiger partial charge in [0.1, 0.15) is 5.75 Å². The molecule has 0 radical (unpaired) electrons. The van der Waals surface area contributed by atoms with Crippen LogP contribution >= 0.6 is 0 Å². The number of nitrogens with one attached hydrogen (secondary N) is 2. The number of hydrogen-bond acceptors (Lipinski definition) is 5. The predicted molar refractivity (Wildman–Crippen MR) is 102 cm³/mol. The third kappa shape index (κ3) is 5.92. The summed E-state index contributed by atoms with van der Waals surface area (Å²) in [5.74, 6) is -0.469. The van der Waals surface area contributed by atoms with Crippen LogP contribution in [0.25, 0.3) is 6.08 Å². The molecule has 2 aromatic rings. The van der Waals surface area contributed by atoms with Crippen LogP contribution in [0.3, 0.4) is 0 Å². The zero-order valence-corrected chi connectivity index (χ0v) is 15.7. The molecule has 2 rings (SSSR count). The molecule has 2 aromatic carbocycles. The molecule has 0 spiro atoms. The van der Waals surface area contributed by atoms with Gasteiger partial charge in [-0.15, -0.1) is 0 Å². The Hall–Kier alpha value is -2.68. The molecule has 0 aliphatic carbocycles. The molecule has 4 N–H and O–H groups in total. The van der Waals surface area contributed by atoms with Gasteiger partial charge in [-0.1, -0.05) is 31.2 Å². The monoisotopic (exact) mass is 390 g/mol. The quantitative estimate of drug-likeness (QED) is 0.313. The molecule has 0 unspecified atom stereocenters. The van der Waals surface area contributed by atoms with Crippen molar-refractivity contribution in [1.29, 1.82) is 0 Å². The Morgan fingerprint density at radius 2 is 1.96 bits per heavy atom. The number of phenolic OH excluding ortho intramolecular Hbond substituents is 1. The highest BCUT2D eigenvalue weighted by molar-refractivity contribution is 7.89. The van der Waals surface area contributed by atoms with E-state index in [2.05, 4.69) is 4.72 Å². The van der Waals surface area contributed by atoms with Crippen molar-refractivity contribution < 1.29 is 23.5 Å². The highest BCUT2D eigenvalue weighted by atomic mass is 32.2. The molecular formula is C19H22N2O5S. The lowest BCUT2D eigenvalue weighted by atomic mass is 10.1. The van der Waals surface area contributed by atoms with Gasteiger partial charge in [-0.25, -0.2) is 18.6 Å². The molecule has 7 nitrogen and oxygen atoms in total. The van der Waals surface area contributed by atoms with Gasteiger partial charge in [0.15, 0.2) is 0 Å². The smallest absolute Gasteiger partial charge is 0.267 e. The standard InChI is InChI=1S/C19H22N2O5S/c1-2-16-12-15(6-8-18(16)22)10-11-20-27(25,26)17-5-3-4-14(13-17)7-9-19(23)21-24/h3-9,12-13,20,22,24H,2,10-11H2,1H3,(H,21,23)/b9-7+. The number of aryl methyl sites for hydroxylation is 1. The highest BCUT2D eigenvalue weighted by Crippen LogP contribution is 2.19. The Morgan fingerprint density at radius 3 is 2.67 bits per heavy atom. The van der Waals surface area contributed by atoms with E-state index in [9.17, 15) is 18.3 Å². The van der Waals surface area contributed by atoms with Crippen LogP contribution in [0.2, 0.25) is 0 Å². The van der Waals surface area contributed by atoms with Crippen LogP contribution in [0.15, 0.2) is 53.4 Å². The molecule has 0 saturated heterocycles. The van der Waals surface area contributed by atoms with Gasteiger partial charge in [0, 0.05) is 12.6 Å². The lowest BCUT2D eigenvalue weighted by molar-refractivity contribution is -0.124. The van der Waals surface area contributed by atoms with Crippen LogP contribution < -0.4 is 10.2 Å². The second kappa shape index (κ2) is 9.31. The normalized spacial score (nSPS) is 11.6.